The first-order valence-corrected chi connectivity index (χ1v) is 8.20. The lowest BCUT2D eigenvalue weighted by Crippen LogP contribution is -2.54. The predicted octanol–water partition coefficient (Wildman–Crippen LogP) is 1.24. The maximum Gasteiger partial charge on any atom is 0.228 e. The van der Waals surface area contributed by atoms with E-state index in [0.717, 1.165) is 0 Å². The maximum absolute atomic E-state index is 10.4. The lowest BCUT2D eigenvalue weighted by atomic mass is 10.0. The van der Waals surface area contributed by atoms with E-state index in [1.54, 1.807) is 48.5 Å². The van der Waals surface area contributed by atoms with Gasteiger partial charge in [0.2, 0.25) is 6.29 Å². The maximum atomic E-state index is 10.4. The molecule has 7 heteroatoms. The van der Waals surface area contributed by atoms with Crippen molar-refractivity contribution in [1.29, 1.82) is 0 Å². The monoisotopic (exact) mass is 366 g/mol. The van der Waals surface area contributed by atoms with Crippen molar-refractivity contribution >= 4 is 11.6 Å². The zero-order valence-electron chi connectivity index (χ0n) is 13.2. The third kappa shape index (κ3) is 3.95. The largest absolute Gasteiger partial charge is 0.462 e. The van der Waals surface area contributed by atoms with E-state index < -0.39 is 30.7 Å². The number of benzene rings is 2. The van der Waals surface area contributed by atoms with Crippen LogP contribution in [0.1, 0.15) is 17.2 Å². The number of aliphatic hydroxyl groups is 4. The fraction of sp³-hybridized carbons (Fsp3) is 0.333. The molecule has 1 heterocycles. The van der Waals surface area contributed by atoms with Crippen molar-refractivity contribution in [2.75, 3.05) is 6.61 Å². The molecule has 1 saturated heterocycles. The summed E-state index contributed by atoms with van der Waals surface area (Å²) in [7, 11) is 0. The van der Waals surface area contributed by atoms with Crippen molar-refractivity contribution in [2.45, 2.75) is 30.7 Å². The minimum atomic E-state index is -1.36. The first-order valence-electron chi connectivity index (χ1n) is 7.82. The molecule has 2 aromatic carbocycles. The SMILES string of the molecule is OC(c1ccc(O[C@@H]2OC[C@@H](O)[C@H](O)[C@H]2O)cc1)c1ccccc1Cl. The summed E-state index contributed by atoms with van der Waals surface area (Å²) in [5, 5.41) is 39.9. The quantitative estimate of drug-likeness (QED) is 0.649. The molecule has 25 heavy (non-hydrogen) atoms. The Morgan fingerprint density at radius 1 is 1.00 bits per heavy atom. The highest BCUT2D eigenvalue weighted by Gasteiger charge is 2.38. The Labute approximate surface area is 149 Å². The Morgan fingerprint density at radius 2 is 1.68 bits per heavy atom. The average Bonchev–Trinajstić information content (AvgIpc) is 2.63. The standard InChI is InChI=1S/C18H19ClO6/c19-13-4-2-1-3-12(13)15(21)10-5-7-11(8-6-10)25-18-17(23)16(22)14(20)9-24-18/h1-8,14-18,20-23H,9H2/t14-,15?,16+,17-,18+/m1/s1. The van der Waals surface area contributed by atoms with E-state index in [1.165, 1.54) is 0 Å². The van der Waals surface area contributed by atoms with Crippen molar-refractivity contribution in [1.82, 2.24) is 0 Å². The first-order chi connectivity index (χ1) is 12.0. The molecule has 0 amide bonds. The van der Waals surface area contributed by atoms with Crippen molar-refractivity contribution in [3.05, 3.63) is 64.7 Å². The van der Waals surface area contributed by atoms with Crippen LogP contribution in [0.4, 0.5) is 0 Å². The smallest absolute Gasteiger partial charge is 0.228 e. The number of hydrogen-bond acceptors (Lipinski definition) is 6. The van der Waals surface area contributed by atoms with Crippen LogP contribution in [0.15, 0.2) is 48.5 Å². The van der Waals surface area contributed by atoms with Gasteiger partial charge in [-0.25, -0.2) is 0 Å². The van der Waals surface area contributed by atoms with Gasteiger partial charge in [0, 0.05) is 10.6 Å². The van der Waals surface area contributed by atoms with Gasteiger partial charge >= 0.3 is 0 Å². The van der Waals surface area contributed by atoms with Crippen LogP contribution < -0.4 is 4.74 Å². The summed E-state index contributed by atoms with van der Waals surface area (Å²) in [5.74, 6) is 0.391. The molecule has 1 fully saturated rings. The minimum Gasteiger partial charge on any atom is -0.462 e. The highest BCUT2D eigenvalue weighted by Crippen LogP contribution is 2.29. The van der Waals surface area contributed by atoms with E-state index in [2.05, 4.69) is 0 Å². The second kappa shape index (κ2) is 7.70. The van der Waals surface area contributed by atoms with Gasteiger partial charge in [-0.3, -0.25) is 0 Å². The molecule has 2 aromatic rings. The summed E-state index contributed by atoms with van der Waals surface area (Å²) in [6, 6.07) is 13.6. The average molecular weight is 367 g/mol. The number of aliphatic hydroxyl groups excluding tert-OH is 4. The number of halogens is 1. The van der Waals surface area contributed by atoms with Crippen LogP contribution in [0, 0.1) is 0 Å². The summed E-state index contributed by atoms with van der Waals surface area (Å²) in [6.45, 7) is -0.133. The molecule has 0 aliphatic carbocycles. The fourth-order valence-electron chi connectivity index (χ4n) is 2.62. The van der Waals surface area contributed by atoms with E-state index in [9.17, 15) is 20.4 Å². The van der Waals surface area contributed by atoms with E-state index in [1.807, 2.05) is 0 Å². The lowest BCUT2D eigenvalue weighted by molar-refractivity contribution is -0.242. The molecule has 0 spiro atoms. The molecular weight excluding hydrogens is 348 g/mol. The van der Waals surface area contributed by atoms with Crippen molar-refractivity contribution in [3.63, 3.8) is 0 Å². The van der Waals surface area contributed by atoms with Crippen LogP contribution >= 0.6 is 11.6 Å². The number of ether oxygens (including phenoxy) is 2. The Kier molecular flexibility index (Phi) is 5.58. The first kappa shape index (κ1) is 18.1. The summed E-state index contributed by atoms with van der Waals surface area (Å²) in [5.41, 5.74) is 1.22. The molecular formula is C18H19ClO6. The molecule has 4 N–H and O–H groups in total. The predicted molar refractivity (Wildman–Crippen MR) is 90.3 cm³/mol. The highest BCUT2D eigenvalue weighted by molar-refractivity contribution is 6.31. The van der Waals surface area contributed by atoms with E-state index >= 15 is 0 Å². The molecule has 5 atom stereocenters. The minimum absolute atomic E-state index is 0.133. The van der Waals surface area contributed by atoms with Crippen LogP contribution in [0.25, 0.3) is 0 Å². The molecule has 1 aliphatic heterocycles. The van der Waals surface area contributed by atoms with E-state index in [0.29, 0.717) is 21.9 Å². The van der Waals surface area contributed by atoms with E-state index in [-0.39, 0.29) is 6.61 Å². The summed E-state index contributed by atoms with van der Waals surface area (Å²) < 4.78 is 10.7. The third-order valence-electron chi connectivity index (χ3n) is 4.10. The molecule has 0 bridgehead atoms. The lowest BCUT2D eigenvalue weighted by Gasteiger charge is -2.34. The molecule has 3 rings (SSSR count). The summed E-state index contributed by atoms with van der Waals surface area (Å²) in [4.78, 5) is 0. The van der Waals surface area contributed by atoms with Gasteiger partial charge in [-0.2, -0.15) is 0 Å². The third-order valence-corrected chi connectivity index (χ3v) is 4.45. The fourth-order valence-corrected chi connectivity index (χ4v) is 2.86. The van der Waals surface area contributed by atoms with Gasteiger partial charge in [-0.05, 0) is 23.8 Å². The number of rotatable bonds is 4. The van der Waals surface area contributed by atoms with Crippen LogP contribution in [0.2, 0.25) is 5.02 Å². The second-order valence-electron chi connectivity index (χ2n) is 5.86. The zero-order chi connectivity index (χ0) is 18.0. The summed E-state index contributed by atoms with van der Waals surface area (Å²) in [6.07, 6.45) is -5.81. The van der Waals surface area contributed by atoms with Crippen LogP contribution in [-0.2, 0) is 4.74 Å². The van der Waals surface area contributed by atoms with Crippen molar-refractivity contribution in [2.24, 2.45) is 0 Å². The molecule has 1 aliphatic rings. The Morgan fingerprint density at radius 3 is 2.36 bits per heavy atom. The van der Waals surface area contributed by atoms with E-state index in [4.69, 9.17) is 21.1 Å². The summed E-state index contributed by atoms with van der Waals surface area (Å²) >= 11 is 6.10. The van der Waals surface area contributed by atoms with Gasteiger partial charge in [0.15, 0.2) is 0 Å². The van der Waals surface area contributed by atoms with Gasteiger partial charge in [0.1, 0.15) is 30.2 Å². The number of hydrogen-bond donors (Lipinski definition) is 4. The molecule has 1 unspecified atom stereocenters. The second-order valence-corrected chi connectivity index (χ2v) is 6.27. The van der Waals surface area contributed by atoms with Crippen molar-refractivity contribution < 1.29 is 29.9 Å². The van der Waals surface area contributed by atoms with Gasteiger partial charge in [-0.1, -0.05) is 41.9 Å². The Hall–Kier alpha value is -1.67. The molecule has 134 valence electrons. The molecule has 0 saturated carbocycles. The topological polar surface area (TPSA) is 99.4 Å². The normalized spacial score (nSPS) is 27.7. The van der Waals surface area contributed by atoms with Crippen LogP contribution in [0.5, 0.6) is 5.75 Å². The highest BCUT2D eigenvalue weighted by atomic mass is 35.5. The van der Waals surface area contributed by atoms with Gasteiger partial charge in [0.05, 0.1) is 6.61 Å². The Bertz CT molecular complexity index is 707. The van der Waals surface area contributed by atoms with Crippen LogP contribution in [-0.4, -0.2) is 51.6 Å². The van der Waals surface area contributed by atoms with Gasteiger partial charge < -0.3 is 29.9 Å². The Balaban J connectivity index is 1.69. The van der Waals surface area contributed by atoms with Crippen LogP contribution in [0.3, 0.4) is 0 Å². The van der Waals surface area contributed by atoms with Gasteiger partial charge in [0.25, 0.3) is 0 Å². The molecule has 0 radical (unpaired) electrons. The van der Waals surface area contributed by atoms with Crippen molar-refractivity contribution in [3.8, 4) is 5.75 Å². The molecule has 6 nitrogen and oxygen atoms in total. The zero-order valence-corrected chi connectivity index (χ0v) is 14.0. The molecule has 0 aromatic heterocycles. The van der Waals surface area contributed by atoms with Gasteiger partial charge in [-0.15, -0.1) is 0 Å².